The Morgan fingerprint density at radius 1 is 1.10 bits per heavy atom. The van der Waals surface area contributed by atoms with Gasteiger partial charge in [-0.05, 0) is 31.5 Å². The average molecular weight is 423 g/mol. The lowest BCUT2D eigenvalue weighted by atomic mass is 10.1. The maximum atomic E-state index is 12.5. The van der Waals surface area contributed by atoms with Gasteiger partial charge < -0.3 is 5.32 Å². The van der Waals surface area contributed by atoms with Crippen LogP contribution >= 0.6 is 22.9 Å². The molecule has 0 atom stereocenters. The molecule has 2 aromatic heterocycles. The van der Waals surface area contributed by atoms with E-state index in [-0.39, 0.29) is 12.3 Å². The second-order valence-corrected chi connectivity index (χ2v) is 8.09. The first kappa shape index (κ1) is 19.4. The molecule has 7 heteroatoms. The van der Waals surface area contributed by atoms with Crippen molar-refractivity contribution in [3.63, 3.8) is 0 Å². The number of rotatable bonds is 5. The van der Waals surface area contributed by atoms with E-state index in [0.717, 1.165) is 22.5 Å². The highest BCUT2D eigenvalue weighted by Crippen LogP contribution is 2.26. The molecule has 0 saturated carbocycles. The second kappa shape index (κ2) is 8.19. The Kier molecular flexibility index (Phi) is 5.47. The molecule has 2 aromatic carbocycles. The molecule has 0 saturated heterocycles. The summed E-state index contributed by atoms with van der Waals surface area (Å²) in [5.41, 5.74) is 4.84. The van der Waals surface area contributed by atoms with Gasteiger partial charge in [0.2, 0.25) is 11.0 Å². The summed E-state index contributed by atoms with van der Waals surface area (Å²) in [6, 6.07) is 17.3. The number of carbonyl (C=O) groups excluding carboxylic acids is 1. The molecule has 0 bridgehead atoms. The summed E-state index contributed by atoms with van der Waals surface area (Å²) < 4.78 is 1.68. The number of aromatic nitrogens is 3. The van der Waals surface area contributed by atoms with E-state index in [4.69, 9.17) is 16.6 Å². The molecule has 2 heterocycles. The lowest BCUT2D eigenvalue weighted by Crippen LogP contribution is -2.17. The van der Waals surface area contributed by atoms with Gasteiger partial charge in [0.1, 0.15) is 5.82 Å². The summed E-state index contributed by atoms with van der Waals surface area (Å²) in [4.78, 5) is 17.2. The first-order valence-corrected chi connectivity index (χ1v) is 10.4. The fourth-order valence-corrected chi connectivity index (χ4v) is 3.85. The molecule has 29 heavy (non-hydrogen) atoms. The van der Waals surface area contributed by atoms with E-state index in [1.165, 1.54) is 16.9 Å². The number of anilines is 1. The van der Waals surface area contributed by atoms with Crippen LogP contribution in [0, 0.1) is 13.8 Å². The third-order valence-electron chi connectivity index (χ3n) is 4.40. The summed E-state index contributed by atoms with van der Waals surface area (Å²) in [7, 11) is 0. The van der Waals surface area contributed by atoms with E-state index in [2.05, 4.69) is 41.6 Å². The molecule has 146 valence electrons. The largest absolute Gasteiger partial charge is 0.310 e. The van der Waals surface area contributed by atoms with Gasteiger partial charge in [0.25, 0.3) is 0 Å². The summed E-state index contributed by atoms with van der Waals surface area (Å²) in [5.74, 6) is 0.482. The van der Waals surface area contributed by atoms with E-state index < -0.39 is 0 Å². The predicted octanol–water partition coefficient (Wildman–Crippen LogP) is 5.45. The van der Waals surface area contributed by atoms with Crippen LogP contribution in [0.5, 0.6) is 0 Å². The molecule has 4 rings (SSSR count). The lowest BCUT2D eigenvalue weighted by Gasteiger charge is -2.07. The van der Waals surface area contributed by atoms with Gasteiger partial charge in [0.05, 0.1) is 17.8 Å². The highest BCUT2D eigenvalue weighted by atomic mass is 35.5. The van der Waals surface area contributed by atoms with Gasteiger partial charge in [-0.25, -0.2) is 4.98 Å². The minimum Gasteiger partial charge on any atom is -0.310 e. The third kappa shape index (κ3) is 4.55. The van der Waals surface area contributed by atoms with Crippen LogP contribution in [-0.2, 0) is 11.2 Å². The summed E-state index contributed by atoms with van der Waals surface area (Å²) in [6.45, 7) is 3.95. The quantitative estimate of drug-likeness (QED) is 0.465. The van der Waals surface area contributed by atoms with Crippen molar-refractivity contribution in [1.29, 1.82) is 0 Å². The smallest absolute Gasteiger partial charge is 0.229 e. The van der Waals surface area contributed by atoms with Crippen LogP contribution in [-0.4, -0.2) is 20.7 Å². The number of amides is 1. The Labute approximate surface area is 178 Å². The minimum atomic E-state index is -0.121. The van der Waals surface area contributed by atoms with E-state index in [9.17, 15) is 4.79 Å². The van der Waals surface area contributed by atoms with Crippen molar-refractivity contribution in [2.24, 2.45) is 0 Å². The van der Waals surface area contributed by atoms with Crippen LogP contribution in [0.2, 0.25) is 5.02 Å². The van der Waals surface area contributed by atoms with E-state index >= 15 is 0 Å². The van der Waals surface area contributed by atoms with Crippen molar-refractivity contribution in [3.8, 4) is 16.4 Å². The van der Waals surface area contributed by atoms with Crippen molar-refractivity contribution in [2.45, 2.75) is 20.3 Å². The average Bonchev–Trinajstić information content (AvgIpc) is 3.31. The third-order valence-corrected chi connectivity index (χ3v) is 5.47. The molecule has 0 unspecified atom stereocenters. The van der Waals surface area contributed by atoms with Gasteiger partial charge in [-0.3, -0.25) is 4.79 Å². The maximum Gasteiger partial charge on any atom is 0.229 e. The number of aryl methyl sites for hydroxylation is 2. The highest BCUT2D eigenvalue weighted by molar-refractivity contribution is 7.12. The zero-order valence-corrected chi connectivity index (χ0v) is 17.6. The van der Waals surface area contributed by atoms with Crippen molar-refractivity contribution in [3.05, 3.63) is 81.8 Å². The topological polar surface area (TPSA) is 59.8 Å². The van der Waals surface area contributed by atoms with Crippen molar-refractivity contribution < 1.29 is 4.79 Å². The SMILES string of the molecule is Cc1ccc(-c2csc(-n3nc(C)cc3NC(=O)Cc3ccc(Cl)cc3)n2)cc1. The van der Waals surface area contributed by atoms with Crippen LogP contribution in [0.1, 0.15) is 16.8 Å². The number of hydrogen-bond acceptors (Lipinski definition) is 4. The summed E-state index contributed by atoms with van der Waals surface area (Å²) in [6.07, 6.45) is 0.258. The van der Waals surface area contributed by atoms with Crippen LogP contribution < -0.4 is 5.32 Å². The number of nitrogens with one attached hydrogen (secondary N) is 1. The monoisotopic (exact) mass is 422 g/mol. The molecule has 0 aliphatic carbocycles. The van der Waals surface area contributed by atoms with Gasteiger partial charge in [0.15, 0.2) is 0 Å². The van der Waals surface area contributed by atoms with E-state index in [1.54, 1.807) is 16.8 Å². The van der Waals surface area contributed by atoms with Crippen molar-refractivity contribution in [1.82, 2.24) is 14.8 Å². The van der Waals surface area contributed by atoms with Gasteiger partial charge in [-0.15, -0.1) is 11.3 Å². The number of hydrogen-bond donors (Lipinski definition) is 1. The van der Waals surface area contributed by atoms with Crippen LogP contribution in [0.3, 0.4) is 0 Å². The number of nitrogens with zero attached hydrogens (tertiary/aromatic N) is 3. The fraction of sp³-hybridized carbons (Fsp3) is 0.136. The standard InChI is InChI=1S/C22H19ClN4OS/c1-14-3-7-17(8-4-14)19-13-29-22(24-19)27-20(11-15(2)26-27)25-21(28)12-16-5-9-18(23)10-6-16/h3-11,13H,12H2,1-2H3,(H,25,28). The maximum absolute atomic E-state index is 12.5. The Balaban J connectivity index is 1.54. The predicted molar refractivity (Wildman–Crippen MR) is 118 cm³/mol. The number of carbonyl (C=O) groups is 1. The molecule has 0 aliphatic heterocycles. The summed E-state index contributed by atoms with van der Waals surface area (Å²) in [5, 5.41) is 10.8. The second-order valence-electron chi connectivity index (χ2n) is 6.82. The zero-order valence-electron chi connectivity index (χ0n) is 16.0. The zero-order chi connectivity index (χ0) is 20.4. The number of thiazole rings is 1. The molecular formula is C22H19ClN4OS. The van der Waals surface area contributed by atoms with Crippen LogP contribution in [0.25, 0.3) is 16.4 Å². The lowest BCUT2D eigenvalue weighted by molar-refractivity contribution is -0.115. The molecule has 0 fully saturated rings. The first-order chi connectivity index (χ1) is 14.0. The van der Waals surface area contributed by atoms with Crippen molar-refractivity contribution >= 4 is 34.7 Å². The number of halogens is 1. The number of benzene rings is 2. The van der Waals surface area contributed by atoms with Gasteiger partial charge >= 0.3 is 0 Å². The van der Waals surface area contributed by atoms with Gasteiger partial charge in [0, 0.05) is 22.0 Å². The highest BCUT2D eigenvalue weighted by Gasteiger charge is 2.15. The molecule has 0 aliphatic rings. The van der Waals surface area contributed by atoms with Crippen molar-refractivity contribution in [2.75, 3.05) is 5.32 Å². The Morgan fingerprint density at radius 2 is 1.83 bits per heavy atom. The Hall–Kier alpha value is -2.96. The Bertz CT molecular complexity index is 1150. The normalized spacial score (nSPS) is 10.9. The Morgan fingerprint density at radius 3 is 2.55 bits per heavy atom. The van der Waals surface area contributed by atoms with Crippen LogP contribution in [0.4, 0.5) is 5.82 Å². The molecule has 5 nitrogen and oxygen atoms in total. The minimum absolute atomic E-state index is 0.121. The van der Waals surface area contributed by atoms with Crippen LogP contribution in [0.15, 0.2) is 60.0 Å². The molecule has 1 N–H and O–H groups in total. The first-order valence-electron chi connectivity index (χ1n) is 9.12. The fourth-order valence-electron chi connectivity index (χ4n) is 2.93. The van der Waals surface area contributed by atoms with E-state index in [0.29, 0.717) is 16.0 Å². The van der Waals surface area contributed by atoms with Gasteiger partial charge in [-0.2, -0.15) is 9.78 Å². The molecular weight excluding hydrogens is 404 g/mol. The molecule has 4 aromatic rings. The molecule has 1 amide bonds. The van der Waals surface area contributed by atoms with Gasteiger partial charge in [-0.1, -0.05) is 53.6 Å². The summed E-state index contributed by atoms with van der Waals surface area (Å²) >= 11 is 7.39. The molecule has 0 spiro atoms. The molecule has 0 radical (unpaired) electrons. The van der Waals surface area contributed by atoms with E-state index in [1.807, 2.05) is 30.5 Å².